The van der Waals surface area contributed by atoms with Crippen LogP contribution >= 0.6 is 0 Å². The first-order valence-electron chi connectivity index (χ1n) is 4.81. The summed E-state index contributed by atoms with van der Waals surface area (Å²) in [4.78, 5) is 4.07. The number of hydrogen-bond acceptors (Lipinski definition) is 4. The standard InChI is InChI=1S/C10H14N2O2/c11-9-4-1-5-12-10(9)14-8-3-2-6-13-7-8/h1,4-5,8H,2-3,6-7,11H2/t8-/m0/s1. The van der Waals surface area contributed by atoms with Gasteiger partial charge in [0.1, 0.15) is 6.10 Å². The molecule has 14 heavy (non-hydrogen) atoms. The highest BCUT2D eigenvalue weighted by Crippen LogP contribution is 2.20. The van der Waals surface area contributed by atoms with Gasteiger partial charge in [0.25, 0.3) is 0 Å². The third-order valence-corrected chi connectivity index (χ3v) is 2.20. The van der Waals surface area contributed by atoms with Gasteiger partial charge in [0, 0.05) is 12.8 Å². The van der Waals surface area contributed by atoms with E-state index in [9.17, 15) is 0 Å². The molecule has 2 N–H and O–H groups in total. The summed E-state index contributed by atoms with van der Waals surface area (Å²) in [7, 11) is 0. The van der Waals surface area contributed by atoms with Crippen molar-refractivity contribution in [2.75, 3.05) is 18.9 Å². The van der Waals surface area contributed by atoms with Gasteiger partial charge >= 0.3 is 0 Å². The van der Waals surface area contributed by atoms with E-state index in [1.54, 1.807) is 18.3 Å². The van der Waals surface area contributed by atoms with E-state index in [1.807, 2.05) is 0 Å². The summed E-state index contributed by atoms with van der Waals surface area (Å²) in [6.45, 7) is 1.47. The molecule has 0 amide bonds. The monoisotopic (exact) mass is 194 g/mol. The molecular weight excluding hydrogens is 180 g/mol. The first-order valence-corrected chi connectivity index (χ1v) is 4.81. The van der Waals surface area contributed by atoms with E-state index in [1.165, 1.54) is 0 Å². The Hall–Kier alpha value is -1.29. The minimum atomic E-state index is 0.0981. The fraction of sp³-hybridized carbons (Fsp3) is 0.500. The van der Waals surface area contributed by atoms with E-state index in [2.05, 4.69) is 4.98 Å². The molecule has 2 heterocycles. The van der Waals surface area contributed by atoms with Gasteiger partial charge in [0.2, 0.25) is 5.88 Å². The van der Waals surface area contributed by atoms with E-state index in [0.717, 1.165) is 19.4 Å². The Morgan fingerprint density at radius 3 is 3.21 bits per heavy atom. The van der Waals surface area contributed by atoms with Gasteiger partial charge in [-0.2, -0.15) is 0 Å². The van der Waals surface area contributed by atoms with Gasteiger partial charge in [-0.05, 0) is 25.0 Å². The molecule has 1 atom stereocenters. The summed E-state index contributed by atoms with van der Waals surface area (Å²) in [5, 5.41) is 0. The number of anilines is 1. The van der Waals surface area contributed by atoms with Crippen LogP contribution in [-0.2, 0) is 4.74 Å². The Morgan fingerprint density at radius 1 is 1.57 bits per heavy atom. The van der Waals surface area contributed by atoms with E-state index < -0.39 is 0 Å². The average Bonchev–Trinajstić information content (AvgIpc) is 2.23. The Bertz CT molecular complexity index is 298. The van der Waals surface area contributed by atoms with E-state index >= 15 is 0 Å². The molecular formula is C10H14N2O2. The number of ether oxygens (including phenoxy) is 2. The molecule has 0 radical (unpaired) electrons. The normalized spacial score (nSPS) is 21.9. The first kappa shape index (κ1) is 9.27. The molecule has 1 aromatic rings. The van der Waals surface area contributed by atoms with Crippen LogP contribution in [0, 0.1) is 0 Å². The summed E-state index contributed by atoms with van der Waals surface area (Å²) >= 11 is 0. The Labute approximate surface area is 83.0 Å². The maximum atomic E-state index is 5.71. The third-order valence-electron chi connectivity index (χ3n) is 2.20. The molecule has 0 aliphatic carbocycles. The van der Waals surface area contributed by atoms with Gasteiger partial charge in [0.15, 0.2) is 0 Å². The summed E-state index contributed by atoms with van der Waals surface area (Å²) in [5.74, 6) is 0.517. The SMILES string of the molecule is Nc1cccnc1O[C@H]1CCCOC1. The van der Waals surface area contributed by atoms with Crippen LogP contribution in [0.5, 0.6) is 5.88 Å². The Morgan fingerprint density at radius 2 is 2.50 bits per heavy atom. The lowest BCUT2D eigenvalue weighted by molar-refractivity contribution is 0.00586. The van der Waals surface area contributed by atoms with Gasteiger partial charge in [0.05, 0.1) is 12.3 Å². The molecule has 1 aromatic heterocycles. The van der Waals surface area contributed by atoms with Crippen LogP contribution in [0.15, 0.2) is 18.3 Å². The van der Waals surface area contributed by atoms with Crippen molar-refractivity contribution in [1.82, 2.24) is 4.98 Å². The number of hydrogen-bond donors (Lipinski definition) is 1. The van der Waals surface area contributed by atoms with Crippen LogP contribution in [0.1, 0.15) is 12.8 Å². The van der Waals surface area contributed by atoms with Crippen molar-refractivity contribution in [3.8, 4) is 5.88 Å². The first-order chi connectivity index (χ1) is 6.86. The van der Waals surface area contributed by atoms with E-state index in [-0.39, 0.29) is 6.10 Å². The van der Waals surface area contributed by atoms with Gasteiger partial charge in [-0.3, -0.25) is 0 Å². The lowest BCUT2D eigenvalue weighted by Crippen LogP contribution is -2.28. The molecule has 0 spiro atoms. The second-order valence-electron chi connectivity index (χ2n) is 3.35. The zero-order valence-electron chi connectivity index (χ0n) is 7.98. The zero-order chi connectivity index (χ0) is 9.80. The minimum Gasteiger partial charge on any atom is -0.470 e. The number of aromatic nitrogens is 1. The number of nitrogens with zero attached hydrogens (tertiary/aromatic N) is 1. The lowest BCUT2D eigenvalue weighted by Gasteiger charge is -2.23. The Kier molecular flexibility index (Phi) is 2.84. The molecule has 1 aliphatic rings. The number of rotatable bonds is 2. The van der Waals surface area contributed by atoms with Crippen molar-refractivity contribution in [2.45, 2.75) is 18.9 Å². The van der Waals surface area contributed by atoms with Crippen LogP contribution in [0.3, 0.4) is 0 Å². The van der Waals surface area contributed by atoms with Gasteiger partial charge in [-0.15, -0.1) is 0 Å². The molecule has 1 aliphatic heterocycles. The second-order valence-corrected chi connectivity index (χ2v) is 3.35. The highest BCUT2D eigenvalue weighted by Gasteiger charge is 2.16. The van der Waals surface area contributed by atoms with Crippen LogP contribution in [0.25, 0.3) is 0 Å². The molecule has 4 nitrogen and oxygen atoms in total. The lowest BCUT2D eigenvalue weighted by atomic mass is 10.2. The van der Waals surface area contributed by atoms with Crippen LogP contribution < -0.4 is 10.5 Å². The van der Waals surface area contributed by atoms with Gasteiger partial charge in [-0.1, -0.05) is 0 Å². The molecule has 76 valence electrons. The van der Waals surface area contributed by atoms with Crippen LogP contribution in [0.4, 0.5) is 5.69 Å². The van der Waals surface area contributed by atoms with Crippen molar-refractivity contribution < 1.29 is 9.47 Å². The molecule has 0 unspecified atom stereocenters. The maximum Gasteiger partial charge on any atom is 0.237 e. The van der Waals surface area contributed by atoms with Crippen molar-refractivity contribution in [1.29, 1.82) is 0 Å². The highest BCUT2D eigenvalue weighted by atomic mass is 16.5. The highest BCUT2D eigenvalue weighted by molar-refractivity contribution is 5.46. The molecule has 1 fully saturated rings. The van der Waals surface area contributed by atoms with Crippen molar-refractivity contribution >= 4 is 5.69 Å². The number of pyridine rings is 1. The van der Waals surface area contributed by atoms with Crippen molar-refractivity contribution in [2.24, 2.45) is 0 Å². The molecule has 0 aromatic carbocycles. The summed E-state index contributed by atoms with van der Waals surface area (Å²) in [6.07, 6.45) is 3.82. The smallest absolute Gasteiger partial charge is 0.237 e. The summed E-state index contributed by atoms with van der Waals surface area (Å²) in [5.41, 5.74) is 6.29. The van der Waals surface area contributed by atoms with Crippen molar-refractivity contribution in [3.63, 3.8) is 0 Å². The molecule has 0 saturated carbocycles. The fourth-order valence-electron chi connectivity index (χ4n) is 1.46. The topological polar surface area (TPSA) is 57.4 Å². The number of nitrogens with two attached hydrogens (primary N) is 1. The van der Waals surface area contributed by atoms with Crippen molar-refractivity contribution in [3.05, 3.63) is 18.3 Å². The van der Waals surface area contributed by atoms with E-state index in [0.29, 0.717) is 18.2 Å². The van der Waals surface area contributed by atoms with E-state index in [4.69, 9.17) is 15.2 Å². The van der Waals surface area contributed by atoms with Gasteiger partial charge in [-0.25, -0.2) is 4.98 Å². The zero-order valence-corrected chi connectivity index (χ0v) is 7.98. The van der Waals surface area contributed by atoms with Gasteiger partial charge < -0.3 is 15.2 Å². The maximum absolute atomic E-state index is 5.71. The Balaban J connectivity index is 1.99. The van der Waals surface area contributed by atoms with Crippen LogP contribution in [-0.4, -0.2) is 24.3 Å². The minimum absolute atomic E-state index is 0.0981. The second kappa shape index (κ2) is 4.28. The van der Waals surface area contributed by atoms with Crippen LogP contribution in [0.2, 0.25) is 0 Å². The molecule has 4 heteroatoms. The average molecular weight is 194 g/mol. The third kappa shape index (κ3) is 2.14. The molecule has 1 saturated heterocycles. The quantitative estimate of drug-likeness (QED) is 0.769. The number of nitrogen functional groups attached to an aromatic ring is 1. The molecule has 2 rings (SSSR count). The predicted octanol–water partition coefficient (Wildman–Crippen LogP) is 1.22. The predicted molar refractivity (Wildman–Crippen MR) is 53.1 cm³/mol. The summed E-state index contributed by atoms with van der Waals surface area (Å²) < 4.78 is 10.9. The summed E-state index contributed by atoms with van der Waals surface area (Å²) in [6, 6.07) is 3.57. The largest absolute Gasteiger partial charge is 0.470 e. The fourth-order valence-corrected chi connectivity index (χ4v) is 1.46. The molecule has 0 bridgehead atoms.